The van der Waals surface area contributed by atoms with Crippen molar-refractivity contribution in [3.05, 3.63) is 42.8 Å². The molecule has 0 bridgehead atoms. The van der Waals surface area contributed by atoms with Crippen LogP contribution in [0.25, 0.3) is 0 Å². The molecule has 1 aromatic carbocycles. The van der Waals surface area contributed by atoms with Crippen molar-refractivity contribution in [3.8, 4) is 0 Å². The van der Waals surface area contributed by atoms with E-state index in [0.29, 0.717) is 5.56 Å². The Kier molecular flexibility index (Phi) is 10.7. The van der Waals surface area contributed by atoms with E-state index >= 15 is 0 Å². The van der Waals surface area contributed by atoms with Gasteiger partial charge in [0.2, 0.25) is 0 Å². The average Bonchev–Trinajstić information content (AvgIpc) is 2.17. The van der Waals surface area contributed by atoms with Crippen LogP contribution in [-0.2, 0) is 30.7 Å². The van der Waals surface area contributed by atoms with Crippen molar-refractivity contribution in [2.24, 2.45) is 0 Å². The van der Waals surface area contributed by atoms with E-state index in [1.54, 1.807) is 12.1 Å². The molecule has 0 aliphatic carbocycles. The Labute approximate surface area is 116 Å². The molecule has 17 heavy (non-hydrogen) atoms. The predicted octanol–water partition coefficient (Wildman–Crippen LogP) is 2.06. The third-order valence-corrected chi connectivity index (χ3v) is 1.53. The van der Waals surface area contributed by atoms with Gasteiger partial charge >= 0.3 is 21.1 Å². The van der Waals surface area contributed by atoms with Crippen molar-refractivity contribution in [3.63, 3.8) is 0 Å². The number of carbonyl (C=O) groups excluding carboxylic acids is 3. The van der Waals surface area contributed by atoms with Gasteiger partial charge in [0, 0.05) is 12.2 Å². The second-order valence-electron chi connectivity index (χ2n) is 3.25. The second-order valence-corrected chi connectivity index (χ2v) is 3.25. The topological polar surface area (TPSA) is 51.2 Å². The van der Waals surface area contributed by atoms with E-state index in [4.69, 9.17) is 0 Å². The maximum atomic E-state index is 10.6. The van der Waals surface area contributed by atoms with Gasteiger partial charge in [0.05, 0.1) is 5.78 Å². The minimum absolute atomic E-state index is 0. The Morgan fingerprint density at radius 1 is 1.24 bits per heavy atom. The Balaban J connectivity index is 0. The fraction of sp³-hybridized carbons (Fsp3) is 0.231. The summed E-state index contributed by atoms with van der Waals surface area (Å²) in [6.45, 7) is 5.92. The minimum atomic E-state index is -0.312. The molecule has 0 radical (unpaired) electrons. The first-order valence-corrected chi connectivity index (χ1v) is 4.75. The van der Waals surface area contributed by atoms with Crippen molar-refractivity contribution in [1.29, 1.82) is 0 Å². The van der Waals surface area contributed by atoms with Crippen LogP contribution in [0.2, 0.25) is 0 Å². The third-order valence-electron chi connectivity index (χ3n) is 1.53. The maximum absolute atomic E-state index is 10.6. The summed E-state index contributed by atoms with van der Waals surface area (Å²) in [7, 11) is 0. The molecule has 4 heteroatoms. The molecule has 1 aromatic rings. The number of hydrogen-bond donors (Lipinski definition) is 0. The smallest absolute Gasteiger partial charge is 0.352 e. The molecular formula is C13H14O3W. The fourth-order valence-corrected chi connectivity index (χ4v) is 0.890. The van der Waals surface area contributed by atoms with Gasteiger partial charge in [-0.1, -0.05) is 0 Å². The summed E-state index contributed by atoms with van der Waals surface area (Å²) in [6, 6.07) is 9.97. The predicted molar refractivity (Wildman–Crippen MR) is 60.9 cm³/mol. The molecule has 0 saturated heterocycles. The number of rotatable bonds is 3. The van der Waals surface area contributed by atoms with Gasteiger partial charge in [0.25, 0.3) is 0 Å². The van der Waals surface area contributed by atoms with Crippen molar-refractivity contribution in [2.45, 2.75) is 20.3 Å². The average molecular weight is 402 g/mol. The van der Waals surface area contributed by atoms with Gasteiger partial charge in [0.15, 0.2) is 0 Å². The number of benzene rings is 1. The van der Waals surface area contributed by atoms with E-state index in [9.17, 15) is 14.4 Å². The molecule has 0 aromatic heterocycles. The van der Waals surface area contributed by atoms with Crippen LogP contribution in [0.15, 0.2) is 24.3 Å². The molecule has 90 valence electrons. The SMILES string of the molecule is CC(=O)c1[c-]cccc1.[CH2-]C(=O)CC(C)=O.[W+2]. The van der Waals surface area contributed by atoms with Gasteiger partial charge in [-0.15, -0.1) is 35.9 Å². The van der Waals surface area contributed by atoms with E-state index in [-0.39, 0.29) is 44.8 Å². The Bertz CT molecular complexity index is 360. The zero-order valence-electron chi connectivity index (χ0n) is 9.86. The molecule has 0 spiro atoms. The van der Waals surface area contributed by atoms with E-state index in [1.165, 1.54) is 13.8 Å². The fourth-order valence-electron chi connectivity index (χ4n) is 0.890. The third kappa shape index (κ3) is 11.1. The van der Waals surface area contributed by atoms with Crippen LogP contribution in [0.3, 0.4) is 0 Å². The minimum Gasteiger partial charge on any atom is -0.352 e. The number of carbonyl (C=O) groups is 3. The first-order valence-electron chi connectivity index (χ1n) is 4.75. The molecule has 0 aliphatic heterocycles. The monoisotopic (exact) mass is 402 g/mol. The van der Waals surface area contributed by atoms with Gasteiger partial charge < -0.3 is 16.5 Å². The summed E-state index contributed by atoms with van der Waals surface area (Å²) in [5.74, 6) is -0.372. The molecule has 0 saturated carbocycles. The van der Waals surface area contributed by atoms with Crippen LogP contribution >= 0.6 is 0 Å². The maximum Gasteiger partial charge on any atom is 2.00 e. The van der Waals surface area contributed by atoms with E-state index in [0.717, 1.165) is 0 Å². The van der Waals surface area contributed by atoms with Crippen LogP contribution in [0.5, 0.6) is 0 Å². The second kappa shape index (κ2) is 9.98. The first kappa shape index (κ1) is 18.2. The van der Waals surface area contributed by atoms with Gasteiger partial charge in [-0.3, -0.25) is 4.79 Å². The zero-order valence-corrected chi connectivity index (χ0v) is 12.8. The molecule has 0 heterocycles. The van der Waals surface area contributed by atoms with Crippen molar-refractivity contribution in [1.82, 2.24) is 0 Å². The standard InChI is InChI=1S/C8H7O.C5H7O2.W/c1-7(9)8-5-3-2-4-6-8;1-4(6)3-5(2)7;/h2-5H,1H3;1,3H2,2H3;/q2*-1;+2. The summed E-state index contributed by atoms with van der Waals surface area (Å²) in [4.78, 5) is 30.5. The van der Waals surface area contributed by atoms with Gasteiger partial charge in [-0.2, -0.15) is 0 Å². The first-order chi connectivity index (χ1) is 7.43. The molecule has 0 atom stereocenters. The van der Waals surface area contributed by atoms with Crippen molar-refractivity contribution >= 4 is 17.3 Å². The summed E-state index contributed by atoms with van der Waals surface area (Å²) in [5, 5.41) is 0. The summed E-state index contributed by atoms with van der Waals surface area (Å²) in [6.07, 6.45) is -0.0278. The van der Waals surface area contributed by atoms with Crippen molar-refractivity contribution in [2.75, 3.05) is 0 Å². The molecular weight excluding hydrogens is 388 g/mol. The van der Waals surface area contributed by atoms with E-state index in [1.807, 2.05) is 12.1 Å². The molecule has 0 amide bonds. The number of hydrogen-bond acceptors (Lipinski definition) is 3. The van der Waals surface area contributed by atoms with Gasteiger partial charge in [-0.25, -0.2) is 0 Å². The van der Waals surface area contributed by atoms with Crippen LogP contribution in [0.4, 0.5) is 0 Å². The van der Waals surface area contributed by atoms with Crippen LogP contribution < -0.4 is 0 Å². The normalized spacial score (nSPS) is 8.12. The zero-order chi connectivity index (χ0) is 12.6. The quantitative estimate of drug-likeness (QED) is 0.442. The van der Waals surface area contributed by atoms with Gasteiger partial charge in [0.1, 0.15) is 5.78 Å². The molecule has 0 fully saturated rings. The number of Topliss-reactive ketones (excluding diaryl/α,β-unsaturated/α-hetero) is 3. The van der Waals surface area contributed by atoms with Crippen molar-refractivity contribution < 1.29 is 35.4 Å². The van der Waals surface area contributed by atoms with E-state index < -0.39 is 0 Å². The van der Waals surface area contributed by atoms with Crippen LogP contribution in [-0.4, -0.2) is 17.3 Å². The Morgan fingerprint density at radius 2 is 1.82 bits per heavy atom. The number of ketones is 3. The molecule has 0 N–H and O–H groups in total. The molecule has 0 unspecified atom stereocenters. The molecule has 0 aliphatic rings. The van der Waals surface area contributed by atoms with E-state index in [2.05, 4.69) is 13.0 Å². The van der Waals surface area contributed by atoms with Gasteiger partial charge in [-0.05, 0) is 13.8 Å². The van der Waals surface area contributed by atoms with Crippen LogP contribution in [0, 0.1) is 13.0 Å². The Morgan fingerprint density at radius 3 is 2.00 bits per heavy atom. The molecule has 1 rings (SSSR count). The Hall–Kier alpha value is -1.21. The largest absolute Gasteiger partial charge is 2.00 e. The summed E-state index contributed by atoms with van der Waals surface area (Å²) in [5.41, 5.74) is 0.650. The summed E-state index contributed by atoms with van der Waals surface area (Å²) >= 11 is 0. The summed E-state index contributed by atoms with van der Waals surface area (Å²) < 4.78 is 0. The molecule has 3 nitrogen and oxygen atoms in total. The van der Waals surface area contributed by atoms with Crippen LogP contribution in [0.1, 0.15) is 30.6 Å².